The van der Waals surface area contributed by atoms with Gasteiger partial charge in [-0.05, 0) is 67.6 Å². The fraction of sp³-hybridized carbons (Fsp3) is 0.333. The van der Waals surface area contributed by atoms with Crippen molar-refractivity contribution in [3.63, 3.8) is 0 Å². The first-order valence-corrected chi connectivity index (χ1v) is 12.8. The molecule has 5 nitrogen and oxygen atoms in total. The summed E-state index contributed by atoms with van der Waals surface area (Å²) in [5, 5.41) is 5.54. The first kappa shape index (κ1) is 27.2. The van der Waals surface area contributed by atoms with Crippen LogP contribution < -0.4 is 10.6 Å². The van der Waals surface area contributed by atoms with E-state index in [-0.39, 0.29) is 30.2 Å². The van der Waals surface area contributed by atoms with Crippen molar-refractivity contribution in [2.75, 3.05) is 19.6 Å². The average molecular weight is 524 g/mol. The second-order valence-corrected chi connectivity index (χ2v) is 9.76. The monoisotopic (exact) mass is 523 g/mol. The van der Waals surface area contributed by atoms with Gasteiger partial charge in [0.25, 0.3) is 0 Å². The Balaban J connectivity index is 1.49. The molecule has 2 atom stereocenters. The van der Waals surface area contributed by atoms with Crippen molar-refractivity contribution in [2.45, 2.75) is 44.6 Å². The summed E-state index contributed by atoms with van der Waals surface area (Å²) in [7, 11) is 0. The number of nitrogens with one attached hydrogen (secondary N) is 2. The molecule has 200 valence electrons. The highest BCUT2D eigenvalue weighted by Gasteiger charge is 2.41. The second-order valence-electron chi connectivity index (χ2n) is 9.76. The van der Waals surface area contributed by atoms with E-state index in [4.69, 9.17) is 0 Å². The van der Waals surface area contributed by atoms with E-state index >= 15 is 0 Å². The predicted octanol–water partition coefficient (Wildman–Crippen LogP) is 6.10. The zero-order valence-electron chi connectivity index (χ0n) is 21.6. The minimum Gasteiger partial charge on any atom is -0.338 e. The Hall–Kier alpha value is -3.81. The van der Waals surface area contributed by atoms with Gasteiger partial charge in [0, 0.05) is 43.1 Å². The summed E-state index contributed by atoms with van der Waals surface area (Å²) in [5.74, 6) is -1.63. The molecule has 1 fully saturated rings. The highest BCUT2D eigenvalue weighted by Crippen LogP contribution is 2.41. The molecule has 1 heterocycles. The topological polar surface area (TPSA) is 61.4 Å². The summed E-state index contributed by atoms with van der Waals surface area (Å²) in [4.78, 5) is 27.2. The van der Waals surface area contributed by atoms with E-state index in [2.05, 4.69) is 10.6 Å². The molecule has 0 aliphatic carbocycles. The highest BCUT2D eigenvalue weighted by atomic mass is 19.1. The van der Waals surface area contributed by atoms with Gasteiger partial charge in [0.05, 0.1) is 6.04 Å². The van der Waals surface area contributed by atoms with E-state index in [1.165, 1.54) is 24.3 Å². The van der Waals surface area contributed by atoms with Crippen LogP contribution in [0.3, 0.4) is 0 Å². The van der Waals surface area contributed by atoms with Gasteiger partial charge in [0.2, 0.25) is 5.91 Å². The maximum absolute atomic E-state index is 14.2. The molecule has 0 spiro atoms. The normalized spacial score (nSPS) is 18.2. The van der Waals surface area contributed by atoms with Crippen LogP contribution in [0.25, 0.3) is 11.1 Å². The van der Waals surface area contributed by atoms with Gasteiger partial charge in [0.1, 0.15) is 17.5 Å². The van der Waals surface area contributed by atoms with Gasteiger partial charge in [-0.25, -0.2) is 18.0 Å². The van der Waals surface area contributed by atoms with Gasteiger partial charge < -0.3 is 15.5 Å². The quantitative estimate of drug-likeness (QED) is 0.375. The molecule has 0 saturated carbocycles. The van der Waals surface area contributed by atoms with Gasteiger partial charge in [-0.2, -0.15) is 0 Å². The Morgan fingerprint density at radius 2 is 1.66 bits per heavy atom. The molecule has 0 aromatic heterocycles. The van der Waals surface area contributed by atoms with E-state index in [1.54, 1.807) is 24.3 Å². The first-order chi connectivity index (χ1) is 18.2. The van der Waals surface area contributed by atoms with Gasteiger partial charge in [-0.3, -0.25) is 4.79 Å². The number of halogens is 3. The largest absolute Gasteiger partial charge is 0.338 e. The van der Waals surface area contributed by atoms with Crippen LogP contribution in [0.15, 0.2) is 66.7 Å². The fourth-order valence-electron chi connectivity index (χ4n) is 5.24. The number of hydrogen-bond acceptors (Lipinski definition) is 2. The van der Waals surface area contributed by atoms with E-state index in [9.17, 15) is 22.8 Å². The number of amides is 3. The minimum atomic E-state index is -0.629. The summed E-state index contributed by atoms with van der Waals surface area (Å²) < 4.78 is 41.1. The summed E-state index contributed by atoms with van der Waals surface area (Å²) in [6.07, 6.45) is 1.44. The van der Waals surface area contributed by atoms with Gasteiger partial charge in [-0.1, -0.05) is 36.4 Å². The average Bonchev–Trinajstić information content (AvgIpc) is 2.89. The molecular weight excluding hydrogens is 491 g/mol. The smallest absolute Gasteiger partial charge is 0.314 e. The SMILES string of the molecule is CCNC(=O)NCC[C@]1(c2ccc(F)cc2)CCN([C@@H](C)c2ccc(-c3ccc(F)cc3F)cc2)C(=O)C1. The molecule has 0 bridgehead atoms. The molecule has 3 aromatic rings. The predicted molar refractivity (Wildman–Crippen MR) is 141 cm³/mol. The molecule has 2 N–H and O–H groups in total. The molecule has 3 aromatic carbocycles. The lowest BCUT2D eigenvalue weighted by Crippen LogP contribution is -2.48. The zero-order valence-corrected chi connectivity index (χ0v) is 21.6. The van der Waals surface area contributed by atoms with Crippen LogP contribution in [0.4, 0.5) is 18.0 Å². The van der Waals surface area contributed by atoms with Crippen LogP contribution in [-0.4, -0.2) is 36.5 Å². The van der Waals surface area contributed by atoms with E-state index < -0.39 is 17.0 Å². The van der Waals surface area contributed by atoms with E-state index in [1.807, 2.05) is 30.9 Å². The van der Waals surface area contributed by atoms with Crippen molar-refractivity contribution in [1.82, 2.24) is 15.5 Å². The third-order valence-corrected chi connectivity index (χ3v) is 7.43. The van der Waals surface area contributed by atoms with Crippen molar-refractivity contribution in [3.8, 4) is 11.1 Å². The van der Waals surface area contributed by atoms with Crippen LogP contribution in [-0.2, 0) is 10.2 Å². The standard InChI is InChI=1S/C30H32F3N3O2/c1-3-34-29(38)35-16-14-30(23-8-10-24(31)11-9-23)15-17-36(28(37)19-30)20(2)21-4-6-22(7-5-21)26-13-12-25(32)18-27(26)33/h4-13,18,20H,3,14-17,19H2,1-2H3,(H2,34,35,38)/t20-,30-/m0/s1. The summed E-state index contributed by atoms with van der Waals surface area (Å²) in [5.41, 5.74) is 2.19. The number of likely N-dealkylation sites (tertiary alicyclic amines) is 1. The molecule has 8 heteroatoms. The number of urea groups is 1. The number of benzene rings is 3. The summed E-state index contributed by atoms with van der Waals surface area (Å²) >= 11 is 0. The number of piperidine rings is 1. The third-order valence-electron chi connectivity index (χ3n) is 7.43. The maximum Gasteiger partial charge on any atom is 0.314 e. The van der Waals surface area contributed by atoms with Crippen molar-refractivity contribution in [1.29, 1.82) is 0 Å². The number of hydrogen-bond donors (Lipinski definition) is 2. The fourth-order valence-corrected chi connectivity index (χ4v) is 5.24. The van der Waals surface area contributed by atoms with E-state index in [0.717, 1.165) is 17.2 Å². The van der Waals surface area contributed by atoms with Crippen LogP contribution in [0.2, 0.25) is 0 Å². The summed E-state index contributed by atoms with van der Waals surface area (Å²) in [6, 6.07) is 16.5. The summed E-state index contributed by atoms with van der Waals surface area (Å²) in [6.45, 7) is 5.18. The number of carbonyl (C=O) groups excluding carboxylic acids is 2. The lowest BCUT2D eigenvalue weighted by molar-refractivity contribution is -0.138. The van der Waals surface area contributed by atoms with Gasteiger partial charge >= 0.3 is 6.03 Å². The molecule has 38 heavy (non-hydrogen) atoms. The Labute approximate surface area is 221 Å². The molecule has 3 amide bonds. The second kappa shape index (κ2) is 11.7. The minimum absolute atomic E-state index is 0.0280. The third kappa shape index (κ3) is 6.01. The van der Waals surface area contributed by atoms with E-state index in [0.29, 0.717) is 43.6 Å². The van der Waals surface area contributed by atoms with Crippen molar-refractivity contribution >= 4 is 11.9 Å². The van der Waals surface area contributed by atoms with Crippen molar-refractivity contribution < 1.29 is 22.8 Å². The van der Waals surface area contributed by atoms with Gasteiger partial charge in [-0.15, -0.1) is 0 Å². The Kier molecular flexibility index (Phi) is 8.39. The maximum atomic E-state index is 14.2. The Bertz CT molecular complexity index is 1280. The number of carbonyl (C=O) groups is 2. The molecule has 4 rings (SSSR count). The van der Waals surface area contributed by atoms with Crippen LogP contribution >= 0.6 is 0 Å². The molecule has 0 unspecified atom stereocenters. The highest BCUT2D eigenvalue weighted by molar-refractivity contribution is 5.79. The van der Waals surface area contributed by atoms with Crippen LogP contribution in [0, 0.1) is 17.5 Å². The number of nitrogens with zero attached hydrogens (tertiary/aromatic N) is 1. The molecule has 1 aliphatic rings. The molecular formula is C30H32F3N3O2. The molecule has 0 radical (unpaired) electrons. The first-order valence-electron chi connectivity index (χ1n) is 12.8. The molecule has 1 saturated heterocycles. The Morgan fingerprint density at radius 1 is 0.974 bits per heavy atom. The van der Waals surface area contributed by atoms with Crippen molar-refractivity contribution in [3.05, 3.63) is 95.3 Å². The van der Waals surface area contributed by atoms with Crippen molar-refractivity contribution in [2.24, 2.45) is 0 Å². The Morgan fingerprint density at radius 3 is 2.29 bits per heavy atom. The van der Waals surface area contributed by atoms with Crippen LogP contribution in [0.5, 0.6) is 0 Å². The lowest BCUT2D eigenvalue weighted by atomic mass is 9.70. The lowest BCUT2D eigenvalue weighted by Gasteiger charge is -2.44. The van der Waals surface area contributed by atoms with Crippen LogP contribution in [0.1, 0.15) is 50.3 Å². The number of rotatable bonds is 8. The van der Waals surface area contributed by atoms with Gasteiger partial charge in [0.15, 0.2) is 0 Å². The zero-order chi connectivity index (χ0) is 27.3. The molecule has 1 aliphatic heterocycles.